The first-order valence-electron chi connectivity index (χ1n) is 23.8. The van der Waals surface area contributed by atoms with Crippen LogP contribution in [-0.4, -0.2) is 9.13 Å². The summed E-state index contributed by atoms with van der Waals surface area (Å²) < 4.78 is 5.00. The number of fused-ring (bicyclic) bond motifs is 10. The first-order valence-corrected chi connectivity index (χ1v) is 23.8. The predicted molar refractivity (Wildman–Crippen MR) is 280 cm³/mol. The summed E-state index contributed by atoms with van der Waals surface area (Å²) >= 11 is 0. The summed E-state index contributed by atoms with van der Waals surface area (Å²) in [6.07, 6.45) is 13.2. The lowest BCUT2D eigenvalue weighted by atomic mass is 9.75. The van der Waals surface area contributed by atoms with Gasteiger partial charge in [-0.2, -0.15) is 0 Å². The molecule has 0 N–H and O–H groups in total. The molecule has 11 rings (SSSR count). The van der Waals surface area contributed by atoms with Crippen molar-refractivity contribution >= 4 is 43.6 Å². The molecule has 0 bridgehead atoms. The molecule has 0 saturated heterocycles. The fourth-order valence-corrected chi connectivity index (χ4v) is 11.1. The van der Waals surface area contributed by atoms with Crippen molar-refractivity contribution in [1.29, 1.82) is 0 Å². The summed E-state index contributed by atoms with van der Waals surface area (Å²) in [5.41, 5.74) is 21.5. The van der Waals surface area contributed by atoms with E-state index in [1.165, 1.54) is 123 Å². The van der Waals surface area contributed by atoms with Crippen LogP contribution in [0.1, 0.15) is 102 Å². The van der Waals surface area contributed by atoms with Crippen molar-refractivity contribution in [2.24, 2.45) is 0 Å². The number of aromatic nitrogens is 2. The van der Waals surface area contributed by atoms with Crippen molar-refractivity contribution in [2.45, 2.75) is 97.3 Å². The van der Waals surface area contributed by atoms with E-state index in [1.54, 1.807) is 0 Å². The molecule has 0 fully saturated rings. The number of hydrogen-bond donors (Lipinski definition) is 0. The van der Waals surface area contributed by atoms with E-state index in [1.807, 2.05) is 0 Å². The van der Waals surface area contributed by atoms with Gasteiger partial charge in [-0.15, -0.1) is 0 Å². The van der Waals surface area contributed by atoms with E-state index in [2.05, 4.69) is 229 Å². The Bertz CT molecular complexity index is 3460. The van der Waals surface area contributed by atoms with Gasteiger partial charge in [0.1, 0.15) is 0 Å². The smallest absolute Gasteiger partial charge is 0.0544 e. The second-order valence-electron chi connectivity index (χ2n) is 21.0. The van der Waals surface area contributed by atoms with Gasteiger partial charge in [-0.1, -0.05) is 153 Å². The maximum Gasteiger partial charge on any atom is 0.0544 e. The van der Waals surface area contributed by atoms with Crippen LogP contribution in [0.5, 0.6) is 0 Å². The molecule has 0 atom stereocenters. The Labute approximate surface area is 385 Å². The molecule has 2 aliphatic rings. The minimum Gasteiger partial charge on any atom is -0.309 e. The van der Waals surface area contributed by atoms with Crippen LogP contribution in [0.3, 0.4) is 0 Å². The Balaban J connectivity index is 1.14. The lowest BCUT2D eigenvalue weighted by molar-refractivity contribution is 0.590. The second kappa shape index (κ2) is 15.0. The SMILES string of the molecule is C=C1/C=C\C=C/Cc2cc3c4cc(-c5ccc6c(c5)c5cc7c(cc5n6-c5ccc(CCCC)cc5)C(C)(C)c5ccccc5-7)ccc4n(-c4ccc(C(C)(C)C)cc4)c3cc2C1(C)C. The van der Waals surface area contributed by atoms with Gasteiger partial charge in [0.2, 0.25) is 0 Å². The molecule has 0 spiro atoms. The molecule has 9 aromatic rings. The molecule has 2 aliphatic carbocycles. The molecule has 7 aromatic carbocycles. The first-order chi connectivity index (χ1) is 31.2. The summed E-state index contributed by atoms with van der Waals surface area (Å²) in [5.74, 6) is 0. The zero-order valence-electron chi connectivity index (χ0n) is 39.4. The van der Waals surface area contributed by atoms with Crippen LogP contribution < -0.4 is 0 Å². The summed E-state index contributed by atoms with van der Waals surface area (Å²) in [4.78, 5) is 0. The van der Waals surface area contributed by atoms with E-state index in [4.69, 9.17) is 0 Å². The third-order valence-corrected chi connectivity index (χ3v) is 15.2. The van der Waals surface area contributed by atoms with Gasteiger partial charge in [0.15, 0.2) is 0 Å². The number of unbranched alkanes of at least 4 members (excludes halogenated alkanes) is 1. The molecule has 0 saturated carbocycles. The molecule has 0 aliphatic heterocycles. The minimum absolute atomic E-state index is 0.0709. The van der Waals surface area contributed by atoms with Crippen molar-refractivity contribution in [2.75, 3.05) is 0 Å². The molecule has 2 nitrogen and oxygen atoms in total. The molecule has 0 unspecified atom stereocenters. The average molecular weight is 845 g/mol. The maximum absolute atomic E-state index is 4.57. The quantitative estimate of drug-likeness (QED) is 0.158. The Morgan fingerprint density at radius 3 is 1.77 bits per heavy atom. The number of benzene rings is 7. The van der Waals surface area contributed by atoms with Crippen LogP contribution in [-0.2, 0) is 29.1 Å². The highest BCUT2D eigenvalue weighted by atomic mass is 15.0. The Hall–Kier alpha value is -6.64. The van der Waals surface area contributed by atoms with E-state index >= 15 is 0 Å². The van der Waals surface area contributed by atoms with Crippen molar-refractivity contribution < 1.29 is 0 Å². The topological polar surface area (TPSA) is 9.86 Å². The molecule has 322 valence electrons. The maximum atomic E-state index is 4.57. The monoisotopic (exact) mass is 844 g/mol. The van der Waals surface area contributed by atoms with E-state index < -0.39 is 0 Å². The number of aryl methyl sites for hydroxylation is 1. The van der Waals surface area contributed by atoms with E-state index in [-0.39, 0.29) is 16.2 Å². The summed E-state index contributed by atoms with van der Waals surface area (Å²) in [7, 11) is 0. The van der Waals surface area contributed by atoms with Gasteiger partial charge < -0.3 is 9.13 Å². The first kappa shape index (κ1) is 41.1. The van der Waals surface area contributed by atoms with Gasteiger partial charge in [-0.05, 0) is 159 Å². The zero-order chi connectivity index (χ0) is 45.0. The molecule has 0 radical (unpaired) electrons. The van der Waals surface area contributed by atoms with Crippen LogP contribution in [0.15, 0.2) is 170 Å². The highest BCUT2D eigenvalue weighted by molar-refractivity contribution is 6.14. The lowest BCUT2D eigenvalue weighted by Gasteiger charge is -2.29. The van der Waals surface area contributed by atoms with E-state index in [9.17, 15) is 0 Å². The van der Waals surface area contributed by atoms with Crippen LogP contribution in [0, 0.1) is 0 Å². The van der Waals surface area contributed by atoms with Gasteiger partial charge in [-0.25, -0.2) is 0 Å². The van der Waals surface area contributed by atoms with Crippen LogP contribution >= 0.6 is 0 Å². The standard InChI is InChI=1S/C63H60N2/c1-10-11-18-41-22-28-46(29-23-41)64-58-33-25-43(35-51(58)53-37-49-48-20-15-16-21-54(48)63(8,9)56(49)39-60(53)64)42-24-32-57-50(34-42)52-36-44-19-14-12-13-17-40(2)62(6,7)55(44)38-59(52)65(57)47-30-26-45(27-31-47)61(3,4)5/h12-17,20-39H,2,10-11,18-19H2,1,3-9H3/b14-12-,17-13-. The lowest BCUT2D eigenvalue weighted by Crippen LogP contribution is -2.21. The fraction of sp³-hybridized carbons (Fsp3) is 0.238. The van der Waals surface area contributed by atoms with Gasteiger partial charge >= 0.3 is 0 Å². The second-order valence-corrected chi connectivity index (χ2v) is 21.0. The molecular weight excluding hydrogens is 785 g/mol. The fourth-order valence-electron chi connectivity index (χ4n) is 11.1. The zero-order valence-corrected chi connectivity index (χ0v) is 39.4. The normalized spacial score (nSPS) is 16.3. The third kappa shape index (κ3) is 6.51. The van der Waals surface area contributed by atoms with E-state index in [0.29, 0.717) is 0 Å². The van der Waals surface area contributed by atoms with Crippen LogP contribution in [0.25, 0.3) is 77.2 Å². The molecule has 2 heterocycles. The minimum atomic E-state index is -0.238. The van der Waals surface area contributed by atoms with Crippen molar-refractivity contribution in [1.82, 2.24) is 9.13 Å². The van der Waals surface area contributed by atoms with E-state index in [0.717, 1.165) is 18.4 Å². The molecule has 2 heteroatoms. The number of rotatable bonds is 6. The molecular formula is C63H60N2. The number of nitrogens with zero attached hydrogens (tertiary/aromatic N) is 2. The third-order valence-electron chi connectivity index (χ3n) is 15.2. The average Bonchev–Trinajstić information content (AvgIpc) is 3.89. The highest BCUT2D eigenvalue weighted by Gasteiger charge is 2.36. The molecule has 0 amide bonds. The number of hydrogen-bond acceptors (Lipinski definition) is 0. The molecule has 2 aromatic heterocycles. The predicted octanol–water partition coefficient (Wildman–Crippen LogP) is 17.0. The highest BCUT2D eigenvalue weighted by Crippen LogP contribution is 2.51. The number of allylic oxidation sites excluding steroid dienone is 5. The summed E-state index contributed by atoms with van der Waals surface area (Å²) in [6, 6.07) is 51.8. The van der Waals surface area contributed by atoms with Crippen LogP contribution in [0.2, 0.25) is 0 Å². The van der Waals surface area contributed by atoms with Crippen molar-refractivity contribution in [3.8, 4) is 33.6 Å². The van der Waals surface area contributed by atoms with Crippen molar-refractivity contribution in [3.05, 3.63) is 203 Å². The Morgan fingerprint density at radius 2 is 1.14 bits per heavy atom. The van der Waals surface area contributed by atoms with Crippen molar-refractivity contribution in [3.63, 3.8) is 0 Å². The summed E-state index contributed by atoms with van der Waals surface area (Å²) in [6.45, 7) is 23.1. The summed E-state index contributed by atoms with van der Waals surface area (Å²) in [5, 5.41) is 5.11. The van der Waals surface area contributed by atoms with Gasteiger partial charge in [0, 0.05) is 43.7 Å². The Morgan fingerprint density at radius 1 is 0.554 bits per heavy atom. The van der Waals surface area contributed by atoms with Crippen LogP contribution in [0.4, 0.5) is 0 Å². The Kier molecular flexibility index (Phi) is 9.46. The molecule has 65 heavy (non-hydrogen) atoms. The van der Waals surface area contributed by atoms with Gasteiger partial charge in [0.25, 0.3) is 0 Å². The van der Waals surface area contributed by atoms with Gasteiger partial charge in [0.05, 0.1) is 22.1 Å². The largest absolute Gasteiger partial charge is 0.309 e. The van der Waals surface area contributed by atoms with Gasteiger partial charge in [-0.3, -0.25) is 0 Å².